The molecule has 1 saturated carbocycles. The van der Waals surface area contributed by atoms with Gasteiger partial charge in [-0.1, -0.05) is 17.7 Å². The van der Waals surface area contributed by atoms with Crippen molar-refractivity contribution in [3.8, 4) is 0 Å². The molecule has 1 saturated heterocycles. The zero-order valence-corrected chi connectivity index (χ0v) is 17.8. The number of carbonyl (C=O) groups excluding carboxylic acids is 1. The van der Waals surface area contributed by atoms with Crippen molar-refractivity contribution in [2.24, 2.45) is 11.8 Å². The van der Waals surface area contributed by atoms with Gasteiger partial charge in [-0.05, 0) is 63.5 Å². The number of aryl methyl sites for hydroxylation is 2. The van der Waals surface area contributed by atoms with E-state index in [9.17, 15) is 13.2 Å². The van der Waals surface area contributed by atoms with E-state index in [4.69, 9.17) is 4.74 Å². The lowest BCUT2D eigenvalue weighted by atomic mass is 9.97. The van der Waals surface area contributed by atoms with Crippen LogP contribution in [0.15, 0.2) is 23.1 Å². The molecule has 0 aromatic heterocycles. The average Bonchev–Trinajstić information content (AvgIpc) is 3.48. The Labute approximate surface area is 168 Å². The zero-order valence-electron chi connectivity index (χ0n) is 16.9. The monoisotopic (exact) mass is 408 g/mol. The molecule has 2 fully saturated rings. The van der Waals surface area contributed by atoms with Crippen LogP contribution < -0.4 is 5.32 Å². The molecule has 1 N–H and O–H groups in total. The first-order valence-electron chi connectivity index (χ1n) is 10.3. The first-order valence-corrected chi connectivity index (χ1v) is 11.7. The molecule has 0 spiro atoms. The highest BCUT2D eigenvalue weighted by Gasteiger charge is 2.32. The van der Waals surface area contributed by atoms with Gasteiger partial charge in [0, 0.05) is 38.8 Å². The van der Waals surface area contributed by atoms with Crippen molar-refractivity contribution in [2.75, 3.05) is 32.8 Å². The molecule has 0 unspecified atom stereocenters. The van der Waals surface area contributed by atoms with E-state index in [0.717, 1.165) is 30.1 Å². The van der Waals surface area contributed by atoms with Crippen LogP contribution in [-0.4, -0.2) is 51.5 Å². The summed E-state index contributed by atoms with van der Waals surface area (Å²) in [4.78, 5) is 12.7. The fraction of sp³-hybridized carbons (Fsp3) is 0.667. The Morgan fingerprint density at radius 3 is 2.54 bits per heavy atom. The Balaban J connectivity index is 1.42. The van der Waals surface area contributed by atoms with Crippen LogP contribution in [0.1, 0.15) is 43.2 Å². The lowest BCUT2D eigenvalue weighted by Crippen LogP contribution is -2.43. The number of amides is 1. The van der Waals surface area contributed by atoms with Gasteiger partial charge in [-0.25, -0.2) is 8.42 Å². The first kappa shape index (κ1) is 21.3. The van der Waals surface area contributed by atoms with E-state index in [1.165, 1.54) is 17.1 Å². The Morgan fingerprint density at radius 2 is 1.89 bits per heavy atom. The van der Waals surface area contributed by atoms with Gasteiger partial charge in [0.25, 0.3) is 0 Å². The minimum Gasteiger partial charge on any atom is -0.381 e. The van der Waals surface area contributed by atoms with Crippen LogP contribution in [0.25, 0.3) is 0 Å². The first-order chi connectivity index (χ1) is 13.4. The summed E-state index contributed by atoms with van der Waals surface area (Å²) in [5, 5.41) is 2.97. The topological polar surface area (TPSA) is 75.7 Å². The zero-order chi connectivity index (χ0) is 20.1. The largest absolute Gasteiger partial charge is 0.381 e. The average molecular weight is 409 g/mol. The molecule has 1 heterocycles. The van der Waals surface area contributed by atoms with Gasteiger partial charge in [0.1, 0.15) is 0 Å². The Morgan fingerprint density at radius 1 is 1.18 bits per heavy atom. The quantitative estimate of drug-likeness (QED) is 0.638. The molecule has 6 nitrogen and oxygen atoms in total. The number of ether oxygens (including phenoxy) is 1. The molecule has 0 radical (unpaired) electrons. The second-order valence-electron chi connectivity index (χ2n) is 8.11. The van der Waals surface area contributed by atoms with E-state index >= 15 is 0 Å². The minimum atomic E-state index is -3.50. The smallest absolute Gasteiger partial charge is 0.243 e. The van der Waals surface area contributed by atoms with E-state index in [1.54, 1.807) is 6.07 Å². The molecule has 3 rings (SSSR count). The van der Waals surface area contributed by atoms with Crippen molar-refractivity contribution in [3.05, 3.63) is 29.3 Å². The highest BCUT2D eigenvalue weighted by molar-refractivity contribution is 7.89. The summed E-state index contributed by atoms with van der Waals surface area (Å²) < 4.78 is 32.9. The van der Waals surface area contributed by atoms with E-state index in [-0.39, 0.29) is 11.8 Å². The van der Waals surface area contributed by atoms with E-state index in [0.29, 0.717) is 44.0 Å². The van der Waals surface area contributed by atoms with Crippen LogP contribution in [0.4, 0.5) is 0 Å². The predicted molar refractivity (Wildman–Crippen MR) is 109 cm³/mol. The SMILES string of the molecule is Cc1ccc(S(=O)(=O)N2CCC(C(=O)NCCCOCC3CC3)CC2)c(C)c1. The van der Waals surface area contributed by atoms with Crippen molar-refractivity contribution in [3.63, 3.8) is 0 Å². The fourth-order valence-corrected chi connectivity index (χ4v) is 5.33. The van der Waals surface area contributed by atoms with Gasteiger partial charge >= 0.3 is 0 Å². The maximum atomic E-state index is 12.9. The molecule has 28 heavy (non-hydrogen) atoms. The molecular formula is C21H32N2O4S. The molecular weight excluding hydrogens is 376 g/mol. The number of hydrogen-bond donors (Lipinski definition) is 1. The number of benzene rings is 1. The molecule has 0 bridgehead atoms. The van der Waals surface area contributed by atoms with Crippen molar-refractivity contribution >= 4 is 15.9 Å². The molecule has 0 atom stereocenters. The number of sulfonamides is 1. The predicted octanol–water partition coefficient (Wildman–Crippen LogP) is 2.64. The van der Waals surface area contributed by atoms with Gasteiger partial charge in [-0.2, -0.15) is 4.31 Å². The summed E-state index contributed by atoms with van der Waals surface area (Å²) in [6.45, 7) is 6.70. The summed E-state index contributed by atoms with van der Waals surface area (Å²) in [5.74, 6) is 0.684. The van der Waals surface area contributed by atoms with Crippen molar-refractivity contribution in [2.45, 2.75) is 50.8 Å². The molecule has 1 amide bonds. The fourth-order valence-electron chi connectivity index (χ4n) is 3.65. The van der Waals surface area contributed by atoms with Gasteiger partial charge in [-0.3, -0.25) is 4.79 Å². The summed E-state index contributed by atoms with van der Waals surface area (Å²) in [5.41, 5.74) is 1.81. The van der Waals surface area contributed by atoms with Crippen molar-refractivity contribution in [1.29, 1.82) is 0 Å². The normalized spacial score (nSPS) is 18.9. The second kappa shape index (κ2) is 9.37. The van der Waals surface area contributed by atoms with Crippen LogP contribution in [0, 0.1) is 25.7 Å². The molecule has 1 aliphatic carbocycles. The highest BCUT2D eigenvalue weighted by atomic mass is 32.2. The van der Waals surface area contributed by atoms with E-state index in [2.05, 4.69) is 5.32 Å². The third-order valence-corrected chi connectivity index (χ3v) is 7.65. The minimum absolute atomic E-state index is 0.0331. The number of rotatable bonds is 9. The van der Waals surface area contributed by atoms with Gasteiger partial charge in [0.15, 0.2) is 0 Å². The lowest BCUT2D eigenvalue weighted by molar-refractivity contribution is -0.126. The maximum Gasteiger partial charge on any atom is 0.243 e. The summed E-state index contributed by atoms with van der Waals surface area (Å²) in [6.07, 6.45) is 4.52. The van der Waals surface area contributed by atoms with E-state index in [1.807, 2.05) is 26.0 Å². The maximum absolute atomic E-state index is 12.9. The van der Waals surface area contributed by atoms with E-state index < -0.39 is 10.0 Å². The van der Waals surface area contributed by atoms with Crippen LogP contribution in [-0.2, 0) is 19.6 Å². The number of nitrogens with one attached hydrogen (secondary N) is 1. The summed E-state index contributed by atoms with van der Waals surface area (Å²) >= 11 is 0. The third-order valence-electron chi connectivity index (χ3n) is 5.59. The number of hydrogen-bond acceptors (Lipinski definition) is 4. The summed E-state index contributed by atoms with van der Waals surface area (Å²) in [7, 11) is -3.50. The number of piperidine rings is 1. The van der Waals surface area contributed by atoms with Crippen LogP contribution >= 0.6 is 0 Å². The summed E-state index contributed by atoms with van der Waals surface area (Å²) in [6, 6.07) is 5.40. The van der Waals surface area contributed by atoms with Gasteiger partial charge in [-0.15, -0.1) is 0 Å². The highest BCUT2D eigenvalue weighted by Crippen LogP contribution is 2.29. The second-order valence-corrected chi connectivity index (χ2v) is 10.0. The van der Waals surface area contributed by atoms with Gasteiger partial charge in [0.05, 0.1) is 4.90 Å². The molecule has 156 valence electrons. The molecule has 1 aromatic carbocycles. The molecule has 1 aromatic rings. The van der Waals surface area contributed by atoms with Crippen LogP contribution in [0.3, 0.4) is 0 Å². The number of nitrogens with zero attached hydrogens (tertiary/aromatic N) is 1. The van der Waals surface area contributed by atoms with Crippen molar-refractivity contribution < 1.29 is 17.9 Å². The van der Waals surface area contributed by atoms with Crippen LogP contribution in [0.2, 0.25) is 0 Å². The Hall–Kier alpha value is -1.44. The van der Waals surface area contributed by atoms with Crippen molar-refractivity contribution in [1.82, 2.24) is 9.62 Å². The van der Waals surface area contributed by atoms with Gasteiger partial charge in [0.2, 0.25) is 15.9 Å². The van der Waals surface area contributed by atoms with Crippen LogP contribution in [0.5, 0.6) is 0 Å². The molecule has 7 heteroatoms. The lowest BCUT2D eigenvalue weighted by Gasteiger charge is -2.31. The Bertz CT molecular complexity index is 782. The number of carbonyl (C=O) groups is 1. The van der Waals surface area contributed by atoms with Gasteiger partial charge < -0.3 is 10.1 Å². The molecule has 1 aliphatic heterocycles. The Kier molecular flexibility index (Phi) is 7.12. The standard InChI is InChI=1S/C21H32N2O4S/c1-16-4-7-20(17(2)14-16)28(25,26)23-11-8-19(9-12-23)21(24)22-10-3-13-27-15-18-5-6-18/h4,7,14,18-19H,3,5-6,8-13,15H2,1-2H3,(H,22,24). The third kappa shape index (κ3) is 5.55. The molecule has 2 aliphatic rings.